The molecule has 0 aromatic heterocycles. The van der Waals surface area contributed by atoms with Gasteiger partial charge in [-0.25, -0.2) is 13.6 Å². The summed E-state index contributed by atoms with van der Waals surface area (Å²) in [5.74, 6) is -1.28. The van der Waals surface area contributed by atoms with Crippen molar-refractivity contribution in [1.82, 2.24) is 5.32 Å². The van der Waals surface area contributed by atoms with Crippen molar-refractivity contribution in [3.05, 3.63) is 59.7 Å². The second-order valence-corrected chi connectivity index (χ2v) is 8.28. The normalized spacial score (nSPS) is 17.8. The molecule has 2 aliphatic heterocycles. The highest BCUT2D eigenvalue weighted by atomic mass is 19.1. The number of carbonyl (C=O) groups excluding carboxylic acids is 2. The molecule has 9 heteroatoms. The lowest BCUT2D eigenvalue weighted by Crippen LogP contribution is -2.33. The molecule has 2 amide bonds. The van der Waals surface area contributed by atoms with Gasteiger partial charge in [-0.05, 0) is 42.3 Å². The van der Waals surface area contributed by atoms with Crippen LogP contribution in [-0.2, 0) is 9.53 Å². The number of hydrogen-bond acceptors (Lipinski definition) is 5. The van der Waals surface area contributed by atoms with E-state index < -0.39 is 23.8 Å². The number of carbonyl (C=O) groups is 2. The first-order chi connectivity index (χ1) is 16.4. The number of cyclic esters (lactones) is 1. The SMILES string of the molecule is CC(=O)NC[C@H]1CN(c2ccc(-c3ccc(N4CC=C(CC#N)CC4)c(F)c3)c(F)c2)C(=O)O1. The Morgan fingerprint density at radius 2 is 2.06 bits per heavy atom. The van der Waals surface area contributed by atoms with Crippen molar-refractivity contribution >= 4 is 23.4 Å². The van der Waals surface area contributed by atoms with Crippen LogP contribution >= 0.6 is 0 Å². The molecule has 176 valence electrons. The molecular formula is C25H24F2N4O3. The number of amides is 2. The molecule has 1 saturated heterocycles. The van der Waals surface area contributed by atoms with Gasteiger partial charge in [-0.2, -0.15) is 5.26 Å². The Morgan fingerprint density at radius 3 is 2.71 bits per heavy atom. The highest BCUT2D eigenvalue weighted by Crippen LogP contribution is 2.32. The van der Waals surface area contributed by atoms with Gasteiger partial charge in [0.2, 0.25) is 5.91 Å². The quantitative estimate of drug-likeness (QED) is 0.647. The molecule has 0 unspecified atom stereocenters. The van der Waals surface area contributed by atoms with E-state index >= 15 is 0 Å². The zero-order valence-corrected chi connectivity index (χ0v) is 18.7. The van der Waals surface area contributed by atoms with E-state index in [2.05, 4.69) is 11.4 Å². The average molecular weight is 466 g/mol. The Balaban J connectivity index is 1.48. The summed E-state index contributed by atoms with van der Waals surface area (Å²) in [7, 11) is 0. The lowest BCUT2D eigenvalue weighted by atomic mass is 10.0. The monoisotopic (exact) mass is 466 g/mol. The van der Waals surface area contributed by atoms with Crippen LogP contribution in [0.15, 0.2) is 48.0 Å². The number of nitriles is 1. The first kappa shape index (κ1) is 23.2. The maximum atomic E-state index is 15.0. The maximum Gasteiger partial charge on any atom is 0.414 e. The zero-order valence-electron chi connectivity index (χ0n) is 18.7. The number of ether oxygens (including phenoxy) is 1. The largest absolute Gasteiger partial charge is 0.442 e. The van der Waals surface area contributed by atoms with Crippen LogP contribution in [0.4, 0.5) is 25.0 Å². The average Bonchev–Trinajstić information content (AvgIpc) is 3.19. The van der Waals surface area contributed by atoms with Gasteiger partial charge in [-0.15, -0.1) is 0 Å². The third-order valence-corrected chi connectivity index (χ3v) is 5.93. The highest BCUT2D eigenvalue weighted by Gasteiger charge is 2.32. The molecule has 0 spiro atoms. The molecule has 0 radical (unpaired) electrons. The lowest BCUT2D eigenvalue weighted by molar-refractivity contribution is -0.119. The molecular weight excluding hydrogens is 442 g/mol. The third-order valence-electron chi connectivity index (χ3n) is 5.93. The molecule has 34 heavy (non-hydrogen) atoms. The first-order valence-corrected chi connectivity index (χ1v) is 11.0. The number of nitrogens with one attached hydrogen (secondary N) is 1. The van der Waals surface area contributed by atoms with Crippen LogP contribution in [0.25, 0.3) is 11.1 Å². The summed E-state index contributed by atoms with van der Waals surface area (Å²) in [4.78, 5) is 26.4. The summed E-state index contributed by atoms with van der Waals surface area (Å²) < 4.78 is 35.1. The Hall–Kier alpha value is -3.93. The van der Waals surface area contributed by atoms with Gasteiger partial charge in [-0.1, -0.05) is 17.7 Å². The molecule has 1 fully saturated rings. The second-order valence-electron chi connectivity index (χ2n) is 8.28. The number of nitrogens with zero attached hydrogens (tertiary/aromatic N) is 3. The molecule has 0 aliphatic carbocycles. The molecule has 2 aliphatic rings. The Morgan fingerprint density at radius 1 is 1.24 bits per heavy atom. The van der Waals surface area contributed by atoms with Gasteiger partial charge in [0, 0.05) is 25.6 Å². The van der Waals surface area contributed by atoms with Crippen molar-refractivity contribution in [2.45, 2.75) is 25.9 Å². The summed E-state index contributed by atoms with van der Waals surface area (Å²) in [5.41, 5.74) is 2.41. The van der Waals surface area contributed by atoms with Gasteiger partial charge >= 0.3 is 6.09 Å². The number of anilines is 2. The molecule has 2 aromatic carbocycles. The van der Waals surface area contributed by atoms with Gasteiger partial charge in [-0.3, -0.25) is 9.69 Å². The number of rotatable bonds is 6. The third kappa shape index (κ3) is 5.01. The van der Waals surface area contributed by atoms with Crippen LogP contribution < -0.4 is 15.1 Å². The molecule has 4 rings (SSSR count). The van der Waals surface area contributed by atoms with E-state index in [4.69, 9.17) is 10.00 Å². The van der Waals surface area contributed by atoms with E-state index in [1.165, 1.54) is 30.0 Å². The molecule has 1 atom stereocenters. The number of benzene rings is 2. The molecule has 0 saturated carbocycles. The summed E-state index contributed by atoms with van der Waals surface area (Å²) in [6.45, 7) is 2.86. The zero-order chi connectivity index (χ0) is 24.2. The smallest absolute Gasteiger partial charge is 0.414 e. The van der Waals surface area contributed by atoms with E-state index in [-0.39, 0.29) is 24.6 Å². The first-order valence-electron chi connectivity index (χ1n) is 11.0. The fraction of sp³-hybridized carbons (Fsp3) is 0.320. The van der Waals surface area contributed by atoms with Crippen molar-refractivity contribution < 1.29 is 23.1 Å². The molecule has 0 bridgehead atoms. The molecule has 7 nitrogen and oxygen atoms in total. The van der Waals surface area contributed by atoms with Gasteiger partial charge in [0.05, 0.1) is 37.0 Å². The topological polar surface area (TPSA) is 85.7 Å². The maximum absolute atomic E-state index is 15.0. The van der Waals surface area contributed by atoms with Crippen molar-refractivity contribution in [1.29, 1.82) is 5.26 Å². The highest BCUT2D eigenvalue weighted by molar-refractivity contribution is 5.90. The fourth-order valence-electron chi connectivity index (χ4n) is 4.13. The fourth-order valence-corrected chi connectivity index (χ4v) is 4.13. The standard InChI is InChI=1S/C25H24F2N4O3/c1-16(32)29-14-20-15-31(25(33)34-20)19-3-4-21(22(26)13-19)18-2-5-24(23(27)12-18)30-10-7-17(6-9-28)8-11-30/h2-5,7,12-13,20H,6,8,10-11,14-15H2,1H3,(H,29,32)/t20-/m0/s1. The van der Waals surface area contributed by atoms with Crippen LogP contribution in [0.5, 0.6) is 0 Å². The lowest BCUT2D eigenvalue weighted by Gasteiger charge is -2.28. The molecule has 2 aromatic rings. The minimum absolute atomic E-state index is 0.177. The van der Waals surface area contributed by atoms with Crippen molar-refractivity contribution in [3.63, 3.8) is 0 Å². The van der Waals surface area contributed by atoms with Crippen LogP contribution in [-0.4, -0.2) is 44.3 Å². The van der Waals surface area contributed by atoms with Gasteiger partial charge in [0.25, 0.3) is 0 Å². The van der Waals surface area contributed by atoms with Gasteiger partial charge in [0.15, 0.2) is 0 Å². The second kappa shape index (κ2) is 9.91. The Bertz CT molecular complexity index is 1190. The summed E-state index contributed by atoms with van der Waals surface area (Å²) in [6.07, 6.45) is 1.89. The van der Waals surface area contributed by atoms with Crippen LogP contribution in [0.1, 0.15) is 19.8 Å². The van der Waals surface area contributed by atoms with E-state index in [1.54, 1.807) is 18.2 Å². The van der Waals surface area contributed by atoms with Crippen LogP contribution in [0.3, 0.4) is 0 Å². The predicted octanol–water partition coefficient (Wildman–Crippen LogP) is 4.14. The van der Waals surface area contributed by atoms with Gasteiger partial charge in [0.1, 0.15) is 17.7 Å². The molecule has 2 heterocycles. The Kier molecular flexibility index (Phi) is 6.77. The Labute approximate surface area is 196 Å². The minimum atomic E-state index is -0.619. The molecule has 1 N–H and O–H groups in total. The minimum Gasteiger partial charge on any atom is -0.442 e. The van der Waals surface area contributed by atoms with Crippen molar-refractivity contribution in [2.75, 3.05) is 36.0 Å². The number of halogens is 2. The van der Waals surface area contributed by atoms with E-state index in [9.17, 15) is 18.4 Å². The summed E-state index contributed by atoms with van der Waals surface area (Å²) in [6, 6.07) is 11.0. The van der Waals surface area contributed by atoms with Crippen LogP contribution in [0.2, 0.25) is 0 Å². The summed E-state index contributed by atoms with van der Waals surface area (Å²) >= 11 is 0. The van der Waals surface area contributed by atoms with Crippen LogP contribution in [0, 0.1) is 23.0 Å². The van der Waals surface area contributed by atoms with E-state index in [0.29, 0.717) is 42.9 Å². The predicted molar refractivity (Wildman–Crippen MR) is 123 cm³/mol. The summed E-state index contributed by atoms with van der Waals surface area (Å²) in [5, 5.41) is 11.4. The van der Waals surface area contributed by atoms with Crippen molar-refractivity contribution in [3.8, 4) is 17.2 Å². The van der Waals surface area contributed by atoms with E-state index in [1.807, 2.05) is 11.0 Å². The number of hydrogen-bond donors (Lipinski definition) is 1. The van der Waals surface area contributed by atoms with Gasteiger partial charge < -0.3 is 15.0 Å². The van der Waals surface area contributed by atoms with Crippen molar-refractivity contribution in [2.24, 2.45) is 0 Å². The van der Waals surface area contributed by atoms with E-state index in [0.717, 1.165) is 5.57 Å².